The molecule has 1 N–H and O–H groups in total. The van der Waals surface area contributed by atoms with Gasteiger partial charge in [0.15, 0.2) is 11.6 Å². The summed E-state index contributed by atoms with van der Waals surface area (Å²) in [5.41, 5.74) is 0. The Hall–Kier alpha value is -0.690. The van der Waals surface area contributed by atoms with E-state index in [0.717, 1.165) is 17.3 Å². The van der Waals surface area contributed by atoms with E-state index >= 15 is 0 Å². The normalized spacial score (nSPS) is 17.9. The lowest BCUT2D eigenvalue weighted by Gasteiger charge is -2.23. The van der Waals surface area contributed by atoms with E-state index < -0.39 is 11.9 Å². The summed E-state index contributed by atoms with van der Waals surface area (Å²) < 4.78 is 30.2. The number of aliphatic hydroxyl groups excluding tert-OH is 1. The van der Waals surface area contributed by atoms with Crippen LogP contribution in [0, 0.1) is 5.82 Å². The van der Waals surface area contributed by atoms with Crippen molar-refractivity contribution in [2.75, 3.05) is 26.4 Å². The molecule has 0 aromatic heterocycles. The second-order valence-electron chi connectivity index (χ2n) is 4.68. The van der Waals surface area contributed by atoms with Gasteiger partial charge in [-0.25, -0.2) is 4.39 Å². The van der Waals surface area contributed by atoms with E-state index in [1.165, 1.54) is 12.1 Å². The highest BCUT2D eigenvalue weighted by Gasteiger charge is 2.16. The van der Waals surface area contributed by atoms with E-state index in [1.807, 2.05) is 0 Å². The molecular formula is C14H18BrFO4. The van der Waals surface area contributed by atoms with Crippen LogP contribution in [0.5, 0.6) is 5.75 Å². The first kappa shape index (κ1) is 15.7. The van der Waals surface area contributed by atoms with Gasteiger partial charge in [-0.1, -0.05) is 15.9 Å². The molecule has 0 bridgehead atoms. The van der Waals surface area contributed by atoms with Gasteiger partial charge in [-0.05, 0) is 31.0 Å². The summed E-state index contributed by atoms with van der Waals surface area (Å²) in [6.07, 6.45) is 1.03. The first-order valence-corrected chi connectivity index (χ1v) is 7.39. The SMILES string of the molecule is O[C@H](COc1cc(Br)ccc1F)COC1CCOCC1. The zero-order chi connectivity index (χ0) is 14.4. The predicted octanol–water partition coefficient (Wildman–Crippen LogP) is 2.52. The summed E-state index contributed by atoms with van der Waals surface area (Å²) in [5, 5.41) is 9.79. The number of benzene rings is 1. The van der Waals surface area contributed by atoms with E-state index in [0.29, 0.717) is 13.2 Å². The number of rotatable bonds is 6. The molecule has 0 saturated carbocycles. The third-order valence-corrected chi connectivity index (χ3v) is 3.51. The van der Waals surface area contributed by atoms with Crippen molar-refractivity contribution in [2.24, 2.45) is 0 Å². The number of hydrogen-bond acceptors (Lipinski definition) is 4. The second-order valence-corrected chi connectivity index (χ2v) is 5.60. The lowest BCUT2D eigenvalue weighted by atomic mass is 10.1. The number of halogens is 2. The van der Waals surface area contributed by atoms with Crippen LogP contribution in [-0.2, 0) is 9.47 Å². The van der Waals surface area contributed by atoms with E-state index in [1.54, 1.807) is 6.07 Å². The summed E-state index contributed by atoms with van der Waals surface area (Å²) in [5.74, 6) is -0.338. The van der Waals surface area contributed by atoms with Crippen molar-refractivity contribution >= 4 is 15.9 Å². The molecule has 1 atom stereocenters. The van der Waals surface area contributed by atoms with Crippen LogP contribution in [0.3, 0.4) is 0 Å². The summed E-state index contributed by atoms with van der Waals surface area (Å²) in [6.45, 7) is 1.57. The first-order valence-electron chi connectivity index (χ1n) is 6.60. The van der Waals surface area contributed by atoms with Gasteiger partial charge < -0.3 is 19.3 Å². The minimum Gasteiger partial charge on any atom is -0.488 e. The molecule has 4 nitrogen and oxygen atoms in total. The fourth-order valence-corrected chi connectivity index (χ4v) is 2.25. The number of aliphatic hydroxyl groups is 1. The summed E-state index contributed by atoms with van der Waals surface area (Å²) in [6, 6.07) is 4.43. The molecule has 112 valence electrons. The van der Waals surface area contributed by atoms with E-state index in [-0.39, 0.29) is 25.1 Å². The number of ether oxygens (including phenoxy) is 3. The van der Waals surface area contributed by atoms with E-state index in [9.17, 15) is 9.50 Å². The molecule has 1 fully saturated rings. The fraction of sp³-hybridized carbons (Fsp3) is 0.571. The van der Waals surface area contributed by atoms with Gasteiger partial charge in [0.1, 0.15) is 12.7 Å². The molecule has 2 rings (SSSR count). The average Bonchev–Trinajstić information content (AvgIpc) is 2.47. The van der Waals surface area contributed by atoms with Crippen molar-refractivity contribution in [2.45, 2.75) is 25.0 Å². The maximum atomic E-state index is 13.4. The fourth-order valence-electron chi connectivity index (χ4n) is 1.91. The molecule has 1 aromatic rings. The van der Waals surface area contributed by atoms with E-state index in [2.05, 4.69) is 15.9 Å². The van der Waals surface area contributed by atoms with Gasteiger partial charge in [-0.2, -0.15) is 0 Å². The Morgan fingerprint density at radius 3 is 2.85 bits per heavy atom. The third-order valence-electron chi connectivity index (χ3n) is 3.02. The molecule has 1 aliphatic heterocycles. The first-order chi connectivity index (χ1) is 9.65. The molecule has 1 heterocycles. The molecule has 0 aliphatic carbocycles. The quantitative estimate of drug-likeness (QED) is 0.858. The van der Waals surface area contributed by atoms with Gasteiger partial charge >= 0.3 is 0 Å². The zero-order valence-corrected chi connectivity index (χ0v) is 12.6. The van der Waals surface area contributed by atoms with Crippen molar-refractivity contribution < 1.29 is 23.7 Å². The van der Waals surface area contributed by atoms with Gasteiger partial charge in [0.25, 0.3) is 0 Å². The van der Waals surface area contributed by atoms with Crippen LogP contribution in [0.25, 0.3) is 0 Å². The topological polar surface area (TPSA) is 47.9 Å². The molecule has 0 spiro atoms. The lowest BCUT2D eigenvalue weighted by Crippen LogP contribution is -2.30. The Labute approximate surface area is 126 Å². The molecular weight excluding hydrogens is 331 g/mol. The van der Waals surface area contributed by atoms with Crippen molar-refractivity contribution in [1.29, 1.82) is 0 Å². The molecule has 1 aliphatic rings. The van der Waals surface area contributed by atoms with E-state index in [4.69, 9.17) is 14.2 Å². The smallest absolute Gasteiger partial charge is 0.165 e. The Balaban J connectivity index is 1.71. The van der Waals surface area contributed by atoms with Gasteiger partial charge in [0.05, 0.1) is 12.7 Å². The van der Waals surface area contributed by atoms with Crippen LogP contribution in [0.2, 0.25) is 0 Å². The van der Waals surface area contributed by atoms with Crippen LogP contribution in [0.1, 0.15) is 12.8 Å². The van der Waals surface area contributed by atoms with Crippen LogP contribution >= 0.6 is 15.9 Å². The summed E-state index contributed by atoms with van der Waals surface area (Å²) in [4.78, 5) is 0. The number of hydrogen-bond donors (Lipinski definition) is 1. The average molecular weight is 349 g/mol. The van der Waals surface area contributed by atoms with Gasteiger partial charge in [-0.15, -0.1) is 0 Å². The predicted molar refractivity (Wildman–Crippen MR) is 75.4 cm³/mol. The monoisotopic (exact) mass is 348 g/mol. The molecule has 0 unspecified atom stereocenters. The maximum absolute atomic E-state index is 13.4. The highest BCUT2D eigenvalue weighted by Crippen LogP contribution is 2.22. The van der Waals surface area contributed by atoms with Crippen LogP contribution in [-0.4, -0.2) is 43.7 Å². The molecule has 0 amide bonds. The third kappa shape index (κ3) is 5.01. The van der Waals surface area contributed by atoms with Crippen molar-refractivity contribution in [3.05, 3.63) is 28.5 Å². The Kier molecular flexibility index (Phi) is 6.22. The van der Waals surface area contributed by atoms with Crippen LogP contribution in [0.4, 0.5) is 4.39 Å². The zero-order valence-electron chi connectivity index (χ0n) is 11.1. The minimum absolute atomic E-state index is 0.00338. The summed E-state index contributed by atoms with van der Waals surface area (Å²) >= 11 is 3.24. The van der Waals surface area contributed by atoms with Crippen molar-refractivity contribution in [3.63, 3.8) is 0 Å². The second kappa shape index (κ2) is 7.93. The molecule has 1 saturated heterocycles. The highest BCUT2D eigenvalue weighted by atomic mass is 79.9. The van der Waals surface area contributed by atoms with Crippen LogP contribution < -0.4 is 4.74 Å². The molecule has 20 heavy (non-hydrogen) atoms. The van der Waals surface area contributed by atoms with Gasteiger partial charge in [0.2, 0.25) is 0 Å². The van der Waals surface area contributed by atoms with Gasteiger partial charge in [-0.3, -0.25) is 0 Å². The minimum atomic E-state index is -0.781. The van der Waals surface area contributed by atoms with Crippen LogP contribution in [0.15, 0.2) is 22.7 Å². The summed E-state index contributed by atoms with van der Waals surface area (Å²) in [7, 11) is 0. The standard InChI is InChI=1S/C14H18BrFO4/c15-10-1-2-13(16)14(7-10)20-9-11(17)8-19-12-3-5-18-6-4-12/h1-2,7,11-12,17H,3-6,8-9H2/t11-/m0/s1. The van der Waals surface area contributed by atoms with Crippen molar-refractivity contribution in [1.82, 2.24) is 0 Å². The Morgan fingerprint density at radius 1 is 1.35 bits per heavy atom. The molecule has 1 aromatic carbocycles. The molecule has 6 heteroatoms. The maximum Gasteiger partial charge on any atom is 0.165 e. The Morgan fingerprint density at radius 2 is 2.10 bits per heavy atom. The highest BCUT2D eigenvalue weighted by molar-refractivity contribution is 9.10. The lowest BCUT2D eigenvalue weighted by molar-refractivity contribution is -0.0661. The largest absolute Gasteiger partial charge is 0.488 e. The van der Waals surface area contributed by atoms with Gasteiger partial charge in [0, 0.05) is 17.7 Å². The van der Waals surface area contributed by atoms with Crippen molar-refractivity contribution in [3.8, 4) is 5.75 Å². The molecule has 0 radical (unpaired) electrons. The Bertz CT molecular complexity index is 424.